The van der Waals surface area contributed by atoms with Crippen molar-refractivity contribution in [2.45, 2.75) is 38.5 Å². The monoisotopic (exact) mass is 310 g/mol. The van der Waals surface area contributed by atoms with E-state index in [2.05, 4.69) is 88.3 Å². The van der Waals surface area contributed by atoms with E-state index in [1.54, 1.807) is 0 Å². The largest absolute Gasteiger partial charge is 0.378 e. The summed E-state index contributed by atoms with van der Waals surface area (Å²) in [4.78, 5) is 2.14. The summed E-state index contributed by atoms with van der Waals surface area (Å²) in [5.74, 6) is 0.362. The molecule has 1 atom stereocenters. The molecule has 0 amide bonds. The third-order valence-corrected chi connectivity index (χ3v) is 4.44. The molecular weight excluding hydrogens is 280 g/mol. The molecule has 2 heteroatoms. The Morgan fingerprint density at radius 3 is 2.17 bits per heavy atom. The lowest BCUT2D eigenvalue weighted by molar-refractivity contribution is 0.589. The van der Waals surface area contributed by atoms with Crippen LogP contribution in [0.5, 0.6) is 0 Å². The van der Waals surface area contributed by atoms with Crippen LogP contribution in [0.15, 0.2) is 48.5 Å². The number of hydrogen-bond acceptors (Lipinski definition) is 2. The predicted octanol–water partition coefficient (Wildman–Crippen LogP) is 4.34. The molecule has 0 aromatic heterocycles. The Labute approximate surface area is 141 Å². The molecule has 0 radical (unpaired) electrons. The zero-order valence-electron chi connectivity index (χ0n) is 15.1. The van der Waals surface area contributed by atoms with E-state index in [1.807, 2.05) is 0 Å². The van der Waals surface area contributed by atoms with Crippen molar-refractivity contribution in [1.29, 1.82) is 0 Å². The minimum absolute atomic E-state index is 0.191. The van der Waals surface area contributed by atoms with Crippen LogP contribution in [0.3, 0.4) is 0 Å². The summed E-state index contributed by atoms with van der Waals surface area (Å²) in [6.07, 6.45) is 0.979. The smallest absolute Gasteiger partial charge is 0.0363 e. The van der Waals surface area contributed by atoms with Gasteiger partial charge in [0.25, 0.3) is 0 Å². The van der Waals surface area contributed by atoms with Crippen LogP contribution < -0.4 is 10.6 Å². The quantitative estimate of drug-likeness (QED) is 0.890. The van der Waals surface area contributed by atoms with E-state index in [4.69, 9.17) is 5.73 Å². The molecule has 0 heterocycles. The normalized spacial score (nSPS) is 13.0. The average Bonchev–Trinajstić information content (AvgIpc) is 2.52. The summed E-state index contributed by atoms with van der Waals surface area (Å²) in [6.45, 7) is 7.40. The summed E-state index contributed by atoms with van der Waals surface area (Å²) in [6, 6.07) is 17.7. The van der Waals surface area contributed by atoms with E-state index < -0.39 is 0 Å². The molecule has 2 aromatic rings. The lowest BCUT2D eigenvalue weighted by atomic mass is 9.84. The summed E-state index contributed by atoms with van der Waals surface area (Å²) in [5.41, 5.74) is 11.5. The molecule has 1 unspecified atom stereocenters. The van der Waals surface area contributed by atoms with Crippen LogP contribution in [0.1, 0.15) is 43.4 Å². The minimum Gasteiger partial charge on any atom is -0.378 e. The molecule has 0 fully saturated rings. The number of anilines is 1. The SMILES string of the molecule is CN(C)c1cccc(CC(CN)c2ccc(C(C)(C)C)cc2)c1. The first-order chi connectivity index (χ1) is 10.8. The van der Waals surface area contributed by atoms with E-state index in [-0.39, 0.29) is 5.41 Å². The number of benzene rings is 2. The summed E-state index contributed by atoms with van der Waals surface area (Å²) in [5, 5.41) is 0. The first-order valence-electron chi connectivity index (χ1n) is 8.38. The molecule has 0 saturated carbocycles. The maximum Gasteiger partial charge on any atom is 0.0363 e. The molecule has 0 aliphatic carbocycles. The number of nitrogens with two attached hydrogens (primary N) is 1. The molecule has 0 aliphatic rings. The topological polar surface area (TPSA) is 29.3 Å². The molecule has 2 N–H and O–H groups in total. The fraction of sp³-hybridized carbons (Fsp3) is 0.429. The second kappa shape index (κ2) is 7.18. The maximum absolute atomic E-state index is 6.06. The van der Waals surface area contributed by atoms with Crippen molar-refractivity contribution in [2.75, 3.05) is 25.5 Å². The molecule has 23 heavy (non-hydrogen) atoms. The van der Waals surface area contributed by atoms with Gasteiger partial charge >= 0.3 is 0 Å². The fourth-order valence-corrected chi connectivity index (χ4v) is 2.84. The van der Waals surface area contributed by atoms with Gasteiger partial charge in [0.1, 0.15) is 0 Å². The van der Waals surface area contributed by atoms with Crippen LogP contribution >= 0.6 is 0 Å². The Morgan fingerprint density at radius 2 is 1.65 bits per heavy atom. The van der Waals surface area contributed by atoms with Gasteiger partial charge in [-0.3, -0.25) is 0 Å². The van der Waals surface area contributed by atoms with Crippen LogP contribution in [0.4, 0.5) is 5.69 Å². The Balaban J connectivity index is 2.18. The van der Waals surface area contributed by atoms with Gasteiger partial charge in [0, 0.05) is 25.7 Å². The fourth-order valence-electron chi connectivity index (χ4n) is 2.84. The molecular formula is C21H30N2. The molecule has 0 bridgehead atoms. The highest BCUT2D eigenvalue weighted by molar-refractivity contribution is 5.47. The summed E-state index contributed by atoms with van der Waals surface area (Å²) < 4.78 is 0. The Morgan fingerprint density at radius 1 is 1.00 bits per heavy atom. The highest BCUT2D eigenvalue weighted by atomic mass is 15.1. The van der Waals surface area contributed by atoms with Gasteiger partial charge in [0.2, 0.25) is 0 Å². The van der Waals surface area contributed by atoms with Crippen LogP contribution in [0.25, 0.3) is 0 Å². The van der Waals surface area contributed by atoms with Gasteiger partial charge in [-0.2, -0.15) is 0 Å². The number of hydrogen-bond donors (Lipinski definition) is 1. The van der Waals surface area contributed by atoms with Gasteiger partial charge in [-0.25, -0.2) is 0 Å². The molecule has 0 saturated heterocycles. The summed E-state index contributed by atoms with van der Waals surface area (Å²) in [7, 11) is 4.15. The van der Waals surface area contributed by atoms with Crippen molar-refractivity contribution in [3.05, 3.63) is 65.2 Å². The van der Waals surface area contributed by atoms with Gasteiger partial charge in [-0.05, 0) is 47.2 Å². The van der Waals surface area contributed by atoms with Gasteiger partial charge in [0.05, 0.1) is 0 Å². The van der Waals surface area contributed by atoms with Crippen LogP contribution in [0, 0.1) is 0 Å². The van der Waals surface area contributed by atoms with Gasteiger partial charge in [0.15, 0.2) is 0 Å². The Bertz CT molecular complexity index is 621. The van der Waals surface area contributed by atoms with E-state index >= 15 is 0 Å². The van der Waals surface area contributed by atoms with Gasteiger partial charge in [-0.1, -0.05) is 57.2 Å². The molecule has 124 valence electrons. The van der Waals surface area contributed by atoms with Crippen molar-refractivity contribution in [3.8, 4) is 0 Å². The van der Waals surface area contributed by atoms with Crippen molar-refractivity contribution in [3.63, 3.8) is 0 Å². The van der Waals surface area contributed by atoms with E-state index in [1.165, 1.54) is 22.4 Å². The first kappa shape index (κ1) is 17.6. The zero-order chi connectivity index (χ0) is 17.0. The third kappa shape index (κ3) is 4.59. The average molecular weight is 310 g/mol. The van der Waals surface area contributed by atoms with Crippen molar-refractivity contribution in [1.82, 2.24) is 0 Å². The highest BCUT2D eigenvalue weighted by Gasteiger charge is 2.15. The van der Waals surface area contributed by atoms with E-state index in [0.29, 0.717) is 12.5 Å². The molecule has 2 rings (SSSR count). The van der Waals surface area contributed by atoms with Gasteiger partial charge in [-0.15, -0.1) is 0 Å². The standard InChI is InChI=1S/C21H30N2/c1-21(2,3)19-11-9-17(10-12-19)18(15-22)13-16-7-6-8-20(14-16)23(4)5/h6-12,14,18H,13,15,22H2,1-5H3. The lowest BCUT2D eigenvalue weighted by Gasteiger charge is -2.21. The zero-order valence-corrected chi connectivity index (χ0v) is 15.1. The van der Waals surface area contributed by atoms with Crippen LogP contribution in [-0.4, -0.2) is 20.6 Å². The van der Waals surface area contributed by atoms with E-state index in [0.717, 1.165) is 6.42 Å². The van der Waals surface area contributed by atoms with E-state index in [9.17, 15) is 0 Å². The number of rotatable bonds is 5. The first-order valence-corrected chi connectivity index (χ1v) is 8.38. The molecule has 0 spiro atoms. The van der Waals surface area contributed by atoms with Crippen LogP contribution in [0.2, 0.25) is 0 Å². The molecule has 0 aliphatic heterocycles. The van der Waals surface area contributed by atoms with Crippen LogP contribution in [-0.2, 0) is 11.8 Å². The lowest BCUT2D eigenvalue weighted by Crippen LogP contribution is -2.16. The maximum atomic E-state index is 6.06. The third-order valence-electron chi connectivity index (χ3n) is 4.44. The molecule has 2 aromatic carbocycles. The number of nitrogens with zero attached hydrogens (tertiary/aromatic N) is 1. The second-order valence-electron chi connectivity index (χ2n) is 7.57. The van der Waals surface area contributed by atoms with Crippen molar-refractivity contribution < 1.29 is 0 Å². The van der Waals surface area contributed by atoms with Crippen molar-refractivity contribution in [2.24, 2.45) is 5.73 Å². The predicted molar refractivity (Wildman–Crippen MR) is 101 cm³/mol. The van der Waals surface area contributed by atoms with Gasteiger partial charge < -0.3 is 10.6 Å². The summed E-state index contributed by atoms with van der Waals surface area (Å²) >= 11 is 0. The minimum atomic E-state index is 0.191. The highest BCUT2D eigenvalue weighted by Crippen LogP contribution is 2.26. The Kier molecular flexibility index (Phi) is 5.48. The van der Waals surface area contributed by atoms with Crippen molar-refractivity contribution >= 4 is 5.69 Å². The Hall–Kier alpha value is -1.80. The second-order valence-corrected chi connectivity index (χ2v) is 7.57. The molecule has 2 nitrogen and oxygen atoms in total.